The first-order valence-corrected chi connectivity index (χ1v) is 13.0. The lowest BCUT2D eigenvalue weighted by Gasteiger charge is -2.26. The number of nitrogens with zero attached hydrogens (tertiary/aromatic N) is 3. The molecule has 1 aromatic heterocycles. The van der Waals surface area contributed by atoms with Crippen molar-refractivity contribution in [3.63, 3.8) is 0 Å². The number of fused-ring (bicyclic) bond motifs is 1. The van der Waals surface area contributed by atoms with Gasteiger partial charge in [0, 0.05) is 29.4 Å². The van der Waals surface area contributed by atoms with E-state index in [0.717, 1.165) is 0 Å². The maximum atomic E-state index is 13.9. The SMILES string of the molecule is COc1ccc([C@@H]2C(C(=O)Nc3ccccc3)=C(C)N=c3s/c(=C\c4ccc([N+](=O)[O-])cc4)c(=O)n32)c(OC)c1. The summed E-state index contributed by atoms with van der Waals surface area (Å²) in [5, 5.41) is 13.9. The van der Waals surface area contributed by atoms with E-state index in [9.17, 15) is 19.7 Å². The number of methoxy groups -OCH3 is 2. The number of nitro groups is 1. The van der Waals surface area contributed by atoms with Crippen LogP contribution in [0.25, 0.3) is 6.08 Å². The summed E-state index contributed by atoms with van der Waals surface area (Å²) in [5.41, 5.74) is 2.15. The lowest BCUT2D eigenvalue weighted by atomic mass is 9.94. The maximum Gasteiger partial charge on any atom is 0.271 e. The van der Waals surface area contributed by atoms with Crippen LogP contribution in [0, 0.1) is 10.1 Å². The Hall–Kier alpha value is -5.03. The summed E-state index contributed by atoms with van der Waals surface area (Å²) in [4.78, 5) is 43.2. The number of aromatic nitrogens is 1. The molecule has 0 saturated heterocycles. The first kappa shape index (κ1) is 26.6. The number of nitro benzene ring substituents is 1. The van der Waals surface area contributed by atoms with Crippen LogP contribution < -0.4 is 29.7 Å². The highest BCUT2D eigenvalue weighted by Crippen LogP contribution is 2.37. The Morgan fingerprint density at radius 1 is 1.07 bits per heavy atom. The smallest absolute Gasteiger partial charge is 0.271 e. The van der Waals surface area contributed by atoms with E-state index < -0.39 is 16.9 Å². The second-order valence-corrected chi connectivity index (χ2v) is 9.87. The van der Waals surface area contributed by atoms with Crippen molar-refractivity contribution in [1.82, 2.24) is 4.57 Å². The number of carbonyl (C=O) groups excluding carboxylic acids is 1. The van der Waals surface area contributed by atoms with Gasteiger partial charge in [-0.15, -0.1) is 0 Å². The van der Waals surface area contributed by atoms with Gasteiger partial charge in [0.15, 0.2) is 4.80 Å². The minimum absolute atomic E-state index is 0.0464. The molecule has 0 radical (unpaired) electrons. The first-order chi connectivity index (χ1) is 19.3. The number of non-ortho nitro benzene ring substituents is 1. The second-order valence-electron chi connectivity index (χ2n) is 8.86. The van der Waals surface area contributed by atoms with Crippen molar-refractivity contribution in [2.45, 2.75) is 13.0 Å². The molecule has 1 N–H and O–H groups in total. The van der Waals surface area contributed by atoms with E-state index in [2.05, 4.69) is 10.3 Å². The molecular weight excluding hydrogens is 532 g/mol. The van der Waals surface area contributed by atoms with Gasteiger partial charge in [0.25, 0.3) is 17.2 Å². The third kappa shape index (κ3) is 5.02. The van der Waals surface area contributed by atoms with Crippen LogP contribution in [0.2, 0.25) is 0 Å². The van der Waals surface area contributed by atoms with Crippen LogP contribution in [0.15, 0.2) is 93.9 Å². The Bertz CT molecular complexity index is 1820. The second kappa shape index (κ2) is 11.0. The molecule has 11 heteroatoms. The number of para-hydroxylation sites is 1. The molecule has 3 aromatic carbocycles. The van der Waals surface area contributed by atoms with Crippen LogP contribution >= 0.6 is 11.3 Å². The van der Waals surface area contributed by atoms with E-state index >= 15 is 0 Å². The largest absolute Gasteiger partial charge is 0.497 e. The number of nitrogens with one attached hydrogen (secondary N) is 1. The Labute approximate surface area is 232 Å². The summed E-state index contributed by atoms with van der Waals surface area (Å²) in [5.74, 6) is 0.594. The van der Waals surface area contributed by atoms with Gasteiger partial charge in [0.1, 0.15) is 17.5 Å². The fourth-order valence-corrected chi connectivity index (χ4v) is 5.56. The number of ether oxygens (including phenoxy) is 2. The molecule has 1 atom stereocenters. The summed E-state index contributed by atoms with van der Waals surface area (Å²) >= 11 is 1.17. The van der Waals surface area contributed by atoms with Gasteiger partial charge in [-0.1, -0.05) is 29.5 Å². The van der Waals surface area contributed by atoms with Crippen LogP contribution in [0.1, 0.15) is 24.1 Å². The monoisotopic (exact) mass is 556 g/mol. The molecule has 1 amide bonds. The standard InChI is InChI=1S/C29H24N4O6S/c1-17-25(27(34)31-19-7-5-4-6-8-19)26(22-14-13-21(38-2)16-23(22)39-3)32-28(35)24(40-29(32)30-17)15-18-9-11-20(12-10-18)33(36)37/h4-16,26H,1-3H3,(H,31,34)/b24-15-/t26-/m1/s1. The predicted molar refractivity (Wildman–Crippen MR) is 151 cm³/mol. The lowest BCUT2D eigenvalue weighted by molar-refractivity contribution is -0.384. The third-order valence-corrected chi connectivity index (χ3v) is 7.42. The van der Waals surface area contributed by atoms with Crippen LogP contribution in [0.4, 0.5) is 11.4 Å². The van der Waals surface area contributed by atoms with E-state index in [0.29, 0.717) is 48.9 Å². The zero-order valence-corrected chi connectivity index (χ0v) is 22.6. The van der Waals surface area contributed by atoms with Gasteiger partial charge < -0.3 is 14.8 Å². The number of hydrogen-bond donors (Lipinski definition) is 1. The number of anilines is 1. The zero-order chi connectivity index (χ0) is 28.4. The van der Waals surface area contributed by atoms with Gasteiger partial charge in [-0.25, -0.2) is 4.99 Å². The van der Waals surface area contributed by atoms with Crippen molar-refractivity contribution in [3.05, 3.63) is 125 Å². The number of rotatable bonds is 7. The highest BCUT2D eigenvalue weighted by atomic mass is 32.1. The Morgan fingerprint density at radius 2 is 1.80 bits per heavy atom. The van der Waals surface area contributed by atoms with Crippen molar-refractivity contribution in [3.8, 4) is 11.5 Å². The minimum Gasteiger partial charge on any atom is -0.497 e. The minimum atomic E-state index is -0.847. The predicted octanol–water partition coefficient (Wildman–Crippen LogP) is 3.80. The lowest BCUT2D eigenvalue weighted by Crippen LogP contribution is -2.40. The number of allylic oxidation sites excluding steroid dienone is 1. The molecule has 0 unspecified atom stereocenters. The average molecular weight is 557 g/mol. The summed E-state index contributed by atoms with van der Waals surface area (Å²) in [6.45, 7) is 1.73. The number of hydrogen-bond acceptors (Lipinski definition) is 8. The quantitative estimate of drug-likeness (QED) is 0.273. The maximum absolute atomic E-state index is 13.9. The third-order valence-electron chi connectivity index (χ3n) is 6.43. The van der Waals surface area contributed by atoms with Crippen LogP contribution in [0.3, 0.4) is 0 Å². The van der Waals surface area contributed by atoms with Gasteiger partial charge in [-0.2, -0.15) is 0 Å². The Balaban J connectivity index is 1.69. The molecule has 0 saturated carbocycles. The van der Waals surface area contributed by atoms with Crippen molar-refractivity contribution >= 4 is 34.7 Å². The number of amides is 1. The molecule has 0 bridgehead atoms. The molecule has 5 rings (SSSR count). The molecule has 4 aromatic rings. The van der Waals surface area contributed by atoms with Crippen LogP contribution in [-0.4, -0.2) is 29.6 Å². The summed E-state index contributed by atoms with van der Waals surface area (Å²) in [6, 6.07) is 19.3. The van der Waals surface area contributed by atoms with Gasteiger partial charge >= 0.3 is 0 Å². The van der Waals surface area contributed by atoms with E-state index in [1.165, 1.54) is 35.1 Å². The summed E-state index contributed by atoms with van der Waals surface area (Å²) < 4.78 is 12.9. The van der Waals surface area contributed by atoms with E-state index in [4.69, 9.17) is 9.47 Å². The van der Waals surface area contributed by atoms with Gasteiger partial charge in [0.05, 0.1) is 34.9 Å². The van der Waals surface area contributed by atoms with Crippen molar-refractivity contribution < 1.29 is 19.2 Å². The van der Waals surface area contributed by atoms with Crippen LogP contribution in [-0.2, 0) is 4.79 Å². The molecule has 0 spiro atoms. The molecule has 10 nitrogen and oxygen atoms in total. The number of thiazole rings is 1. The van der Waals surface area contributed by atoms with Crippen molar-refractivity contribution in [2.75, 3.05) is 19.5 Å². The highest BCUT2D eigenvalue weighted by molar-refractivity contribution is 7.07. The van der Waals surface area contributed by atoms with Gasteiger partial charge in [-0.05, 0) is 55.0 Å². The zero-order valence-electron chi connectivity index (χ0n) is 21.8. The Kier molecular flexibility index (Phi) is 7.30. The van der Waals surface area contributed by atoms with Gasteiger partial charge in [-0.3, -0.25) is 24.3 Å². The van der Waals surface area contributed by atoms with E-state index in [1.54, 1.807) is 62.6 Å². The normalized spacial score (nSPS) is 14.8. The Morgan fingerprint density at radius 3 is 2.45 bits per heavy atom. The fourth-order valence-electron chi connectivity index (χ4n) is 4.51. The van der Waals surface area contributed by atoms with Crippen molar-refractivity contribution in [2.24, 2.45) is 4.99 Å². The highest BCUT2D eigenvalue weighted by Gasteiger charge is 2.34. The number of benzene rings is 3. The molecule has 40 heavy (non-hydrogen) atoms. The molecular formula is C29H24N4O6S. The number of carbonyl (C=O) groups is 1. The topological polar surface area (TPSA) is 125 Å². The molecule has 1 aliphatic heterocycles. The molecule has 2 heterocycles. The van der Waals surface area contributed by atoms with E-state index in [1.807, 2.05) is 18.2 Å². The molecule has 0 fully saturated rings. The van der Waals surface area contributed by atoms with Gasteiger partial charge in [0.2, 0.25) is 0 Å². The fraction of sp³-hybridized carbons (Fsp3) is 0.138. The molecule has 0 aliphatic carbocycles. The van der Waals surface area contributed by atoms with Crippen molar-refractivity contribution in [1.29, 1.82) is 0 Å². The molecule has 202 valence electrons. The van der Waals surface area contributed by atoms with Crippen LogP contribution in [0.5, 0.6) is 11.5 Å². The summed E-state index contributed by atoms with van der Waals surface area (Å²) in [6.07, 6.45) is 1.65. The molecule has 1 aliphatic rings. The average Bonchev–Trinajstić information content (AvgIpc) is 3.26. The summed E-state index contributed by atoms with van der Waals surface area (Å²) in [7, 11) is 3.05. The first-order valence-electron chi connectivity index (χ1n) is 12.2. The van der Waals surface area contributed by atoms with E-state index in [-0.39, 0.29) is 11.2 Å².